The van der Waals surface area contributed by atoms with Crippen molar-refractivity contribution in [1.29, 1.82) is 0 Å². The van der Waals surface area contributed by atoms with Gasteiger partial charge in [0.1, 0.15) is 0 Å². The maximum atomic E-state index is 9.83. The number of aliphatic hydroxyl groups is 1. The van der Waals surface area contributed by atoms with Gasteiger partial charge in [0.2, 0.25) is 0 Å². The first-order valence-corrected chi connectivity index (χ1v) is 5.64. The third-order valence-corrected chi connectivity index (χ3v) is 2.95. The van der Waals surface area contributed by atoms with Crippen molar-refractivity contribution in [2.45, 2.75) is 25.4 Å². The summed E-state index contributed by atoms with van der Waals surface area (Å²) in [6.07, 6.45) is 3.93. The molecule has 1 aromatic rings. The van der Waals surface area contributed by atoms with E-state index in [4.69, 9.17) is 23.2 Å². The predicted octanol–water partition coefficient (Wildman–Crippen LogP) is 4.38. The number of hydrogen-bond acceptors (Lipinski definition) is 1. The molecule has 15 heavy (non-hydrogen) atoms. The van der Waals surface area contributed by atoms with Crippen LogP contribution in [0.25, 0.3) is 0 Å². The van der Waals surface area contributed by atoms with Crippen molar-refractivity contribution in [3.05, 3.63) is 46.5 Å². The van der Waals surface area contributed by atoms with Crippen molar-refractivity contribution in [2.75, 3.05) is 0 Å². The summed E-state index contributed by atoms with van der Waals surface area (Å²) < 4.78 is 0. The highest BCUT2D eigenvalue weighted by molar-refractivity contribution is 6.42. The summed E-state index contributed by atoms with van der Waals surface area (Å²) in [5.74, 6) is 0. The van der Waals surface area contributed by atoms with Gasteiger partial charge < -0.3 is 5.11 Å². The monoisotopic (exact) mass is 244 g/mol. The smallest absolute Gasteiger partial charge is 0.0790 e. The Morgan fingerprint density at radius 3 is 2.67 bits per heavy atom. The fraction of sp³-hybridized carbons (Fsp3) is 0.333. The zero-order valence-corrected chi connectivity index (χ0v) is 9.93. The van der Waals surface area contributed by atoms with Crippen molar-refractivity contribution < 1.29 is 5.11 Å². The van der Waals surface area contributed by atoms with Crippen molar-refractivity contribution in [3.8, 4) is 0 Å². The van der Waals surface area contributed by atoms with Gasteiger partial charge >= 0.3 is 0 Å². The maximum Gasteiger partial charge on any atom is 0.0790 e. The Morgan fingerprint density at radius 2 is 2.07 bits per heavy atom. The first-order chi connectivity index (χ1) is 7.15. The molecule has 1 rings (SSSR count). The van der Waals surface area contributed by atoms with Crippen molar-refractivity contribution in [2.24, 2.45) is 0 Å². The normalized spacial score (nSPS) is 12.5. The van der Waals surface area contributed by atoms with Gasteiger partial charge in [-0.15, -0.1) is 6.58 Å². The van der Waals surface area contributed by atoms with Gasteiger partial charge in [0.05, 0.1) is 16.1 Å². The number of hydrogen-bond donors (Lipinski definition) is 1. The van der Waals surface area contributed by atoms with E-state index in [1.807, 2.05) is 6.08 Å². The Morgan fingerprint density at radius 1 is 1.33 bits per heavy atom. The van der Waals surface area contributed by atoms with Crippen LogP contribution < -0.4 is 0 Å². The van der Waals surface area contributed by atoms with E-state index in [0.717, 1.165) is 18.4 Å². The molecular weight excluding hydrogens is 231 g/mol. The second-order valence-electron chi connectivity index (χ2n) is 3.41. The zero-order chi connectivity index (χ0) is 11.3. The van der Waals surface area contributed by atoms with E-state index in [2.05, 4.69) is 6.58 Å². The molecule has 0 amide bonds. The fourth-order valence-electron chi connectivity index (χ4n) is 1.34. The lowest BCUT2D eigenvalue weighted by Crippen LogP contribution is -1.97. The standard InChI is InChI=1S/C12H14Cl2O/c1-2-3-4-5-12(15)9-6-7-10(13)11(14)8-9/h2,6-8,12,15H,1,3-5H2. The van der Waals surface area contributed by atoms with Gasteiger partial charge in [-0.3, -0.25) is 0 Å². The van der Waals surface area contributed by atoms with Crippen LogP contribution in [0, 0.1) is 0 Å². The summed E-state index contributed by atoms with van der Waals surface area (Å²) in [6.45, 7) is 3.64. The molecule has 0 saturated heterocycles. The van der Waals surface area contributed by atoms with Gasteiger partial charge in [0.25, 0.3) is 0 Å². The zero-order valence-electron chi connectivity index (χ0n) is 8.42. The Bertz CT molecular complexity index is 336. The van der Waals surface area contributed by atoms with Gasteiger partial charge in [-0.05, 0) is 37.0 Å². The van der Waals surface area contributed by atoms with Crippen molar-refractivity contribution >= 4 is 23.2 Å². The number of allylic oxidation sites excluding steroid dienone is 1. The minimum Gasteiger partial charge on any atom is -0.388 e. The molecule has 0 aliphatic heterocycles. The summed E-state index contributed by atoms with van der Waals surface area (Å²) in [7, 11) is 0. The maximum absolute atomic E-state index is 9.83. The van der Waals surface area contributed by atoms with Gasteiger partial charge in [-0.25, -0.2) is 0 Å². The van der Waals surface area contributed by atoms with Crippen LogP contribution in [0.5, 0.6) is 0 Å². The van der Waals surface area contributed by atoms with Crippen LogP contribution in [-0.2, 0) is 0 Å². The third-order valence-electron chi connectivity index (χ3n) is 2.21. The first kappa shape index (κ1) is 12.6. The summed E-state index contributed by atoms with van der Waals surface area (Å²) >= 11 is 11.6. The highest BCUT2D eigenvalue weighted by Crippen LogP contribution is 2.27. The molecule has 0 aliphatic carbocycles. The summed E-state index contributed by atoms with van der Waals surface area (Å²) in [6, 6.07) is 5.21. The Labute approximate surface area is 100 Å². The van der Waals surface area contributed by atoms with Crippen molar-refractivity contribution in [1.82, 2.24) is 0 Å². The lowest BCUT2D eigenvalue weighted by molar-refractivity contribution is 0.165. The lowest BCUT2D eigenvalue weighted by Gasteiger charge is -2.10. The molecule has 3 heteroatoms. The van der Waals surface area contributed by atoms with E-state index < -0.39 is 6.10 Å². The Hall–Kier alpha value is -0.500. The molecule has 0 heterocycles. The molecule has 1 N–H and O–H groups in total. The average Bonchev–Trinajstić information content (AvgIpc) is 2.22. The van der Waals surface area contributed by atoms with E-state index in [0.29, 0.717) is 16.5 Å². The molecule has 0 aromatic heterocycles. The largest absolute Gasteiger partial charge is 0.388 e. The van der Waals surface area contributed by atoms with E-state index in [1.165, 1.54) is 0 Å². The molecule has 1 nitrogen and oxygen atoms in total. The number of rotatable bonds is 5. The Balaban J connectivity index is 2.61. The Kier molecular flexibility index (Phi) is 5.16. The van der Waals surface area contributed by atoms with E-state index in [1.54, 1.807) is 18.2 Å². The summed E-state index contributed by atoms with van der Waals surface area (Å²) in [5.41, 5.74) is 0.813. The van der Waals surface area contributed by atoms with Gasteiger partial charge in [-0.2, -0.15) is 0 Å². The summed E-state index contributed by atoms with van der Waals surface area (Å²) in [4.78, 5) is 0. The molecule has 0 fully saturated rings. The summed E-state index contributed by atoms with van der Waals surface area (Å²) in [5, 5.41) is 10.8. The molecular formula is C12H14Cl2O. The topological polar surface area (TPSA) is 20.2 Å². The second kappa shape index (κ2) is 6.16. The third kappa shape index (κ3) is 3.86. The molecule has 82 valence electrons. The van der Waals surface area contributed by atoms with Gasteiger partial charge in [-0.1, -0.05) is 35.3 Å². The molecule has 0 bridgehead atoms. The van der Waals surface area contributed by atoms with Gasteiger partial charge in [0.15, 0.2) is 0 Å². The number of halogens is 2. The SMILES string of the molecule is C=CCCCC(O)c1ccc(Cl)c(Cl)c1. The average molecular weight is 245 g/mol. The highest BCUT2D eigenvalue weighted by atomic mass is 35.5. The van der Waals surface area contributed by atoms with Crippen LogP contribution in [-0.4, -0.2) is 5.11 Å². The highest BCUT2D eigenvalue weighted by Gasteiger charge is 2.08. The molecule has 1 aromatic carbocycles. The number of unbranched alkanes of at least 4 members (excludes halogenated alkanes) is 1. The van der Waals surface area contributed by atoms with E-state index in [9.17, 15) is 5.11 Å². The molecule has 1 atom stereocenters. The van der Waals surface area contributed by atoms with Crippen LogP contribution >= 0.6 is 23.2 Å². The van der Waals surface area contributed by atoms with Gasteiger partial charge in [0, 0.05) is 0 Å². The molecule has 1 unspecified atom stereocenters. The van der Waals surface area contributed by atoms with Crippen LogP contribution in [0.1, 0.15) is 30.9 Å². The van der Waals surface area contributed by atoms with Crippen molar-refractivity contribution in [3.63, 3.8) is 0 Å². The van der Waals surface area contributed by atoms with Crippen LogP contribution in [0.15, 0.2) is 30.9 Å². The molecule has 0 aliphatic rings. The second-order valence-corrected chi connectivity index (χ2v) is 4.22. The van der Waals surface area contributed by atoms with Crippen LogP contribution in [0.4, 0.5) is 0 Å². The van der Waals surface area contributed by atoms with E-state index in [-0.39, 0.29) is 0 Å². The van der Waals surface area contributed by atoms with Crippen LogP contribution in [0.3, 0.4) is 0 Å². The van der Waals surface area contributed by atoms with E-state index >= 15 is 0 Å². The molecule has 0 saturated carbocycles. The fourth-order valence-corrected chi connectivity index (χ4v) is 1.65. The predicted molar refractivity (Wildman–Crippen MR) is 65.5 cm³/mol. The number of aliphatic hydroxyl groups excluding tert-OH is 1. The first-order valence-electron chi connectivity index (χ1n) is 4.89. The lowest BCUT2D eigenvalue weighted by atomic mass is 10.0. The molecule has 0 spiro atoms. The minimum atomic E-state index is -0.472. The minimum absolute atomic E-state index is 0.472. The van der Waals surface area contributed by atoms with Crippen LogP contribution in [0.2, 0.25) is 10.0 Å². The quantitative estimate of drug-likeness (QED) is 0.602. The molecule has 0 radical (unpaired) electrons. The number of benzene rings is 1.